The standard InChI is InChI=1S/C8H7ClF2O2S/c1-2-13-7(12)8(10,11)6-5(9)3-4-14-6/h3-4H,2H2,1H3. The van der Waals surface area contributed by atoms with Crippen LogP contribution in [0.3, 0.4) is 0 Å². The van der Waals surface area contributed by atoms with Crippen molar-refractivity contribution in [3.05, 3.63) is 21.3 Å². The van der Waals surface area contributed by atoms with E-state index in [0.29, 0.717) is 0 Å². The molecule has 1 rings (SSSR count). The van der Waals surface area contributed by atoms with Crippen molar-refractivity contribution in [3.63, 3.8) is 0 Å². The third-order valence-corrected chi connectivity index (χ3v) is 2.85. The lowest BCUT2D eigenvalue weighted by atomic mass is 10.3. The van der Waals surface area contributed by atoms with E-state index in [1.807, 2.05) is 0 Å². The molecule has 0 saturated carbocycles. The van der Waals surface area contributed by atoms with Crippen LogP contribution in [0.4, 0.5) is 8.78 Å². The number of rotatable bonds is 3. The molecule has 0 spiro atoms. The van der Waals surface area contributed by atoms with Gasteiger partial charge in [0.2, 0.25) is 0 Å². The molecule has 0 unspecified atom stereocenters. The minimum Gasteiger partial charge on any atom is -0.461 e. The highest BCUT2D eigenvalue weighted by atomic mass is 35.5. The van der Waals surface area contributed by atoms with Crippen LogP contribution in [0.5, 0.6) is 0 Å². The molecule has 0 N–H and O–H groups in total. The summed E-state index contributed by atoms with van der Waals surface area (Å²) in [6.45, 7) is 1.38. The first kappa shape index (κ1) is 11.4. The smallest absolute Gasteiger partial charge is 0.382 e. The second kappa shape index (κ2) is 4.23. The molecule has 0 amide bonds. The quantitative estimate of drug-likeness (QED) is 0.759. The Morgan fingerprint density at radius 3 is 2.79 bits per heavy atom. The number of thiophene rings is 1. The second-order valence-electron chi connectivity index (χ2n) is 2.39. The average molecular weight is 241 g/mol. The topological polar surface area (TPSA) is 26.3 Å². The Morgan fingerprint density at radius 2 is 2.36 bits per heavy atom. The lowest BCUT2D eigenvalue weighted by molar-refractivity contribution is -0.172. The van der Waals surface area contributed by atoms with Crippen LogP contribution in [0.1, 0.15) is 11.8 Å². The van der Waals surface area contributed by atoms with Crippen molar-refractivity contribution in [1.29, 1.82) is 0 Å². The maximum Gasteiger partial charge on any atom is 0.382 e. The molecular formula is C8H7ClF2O2S. The van der Waals surface area contributed by atoms with Gasteiger partial charge in [-0.3, -0.25) is 0 Å². The summed E-state index contributed by atoms with van der Waals surface area (Å²) in [7, 11) is 0. The number of hydrogen-bond acceptors (Lipinski definition) is 3. The normalized spacial score (nSPS) is 11.4. The molecule has 0 bridgehead atoms. The van der Waals surface area contributed by atoms with Crippen LogP contribution < -0.4 is 0 Å². The van der Waals surface area contributed by atoms with E-state index in [1.165, 1.54) is 18.4 Å². The van der Waals surface area contributed by atoms with Gasteiger partial charge in [-0.25, -0.2) is 4.79 Å². The van der Waals surface area contributed by atoms with Crippen LogP contribution >= 0.6 is 22.9 Å². The first-order valence-electron chi connectivity index (χ1n) is 3.78. The molecule has 0 aliphatic heterocycles. The van der Waals surface area contributed by atoms with Gasteiger partial charge in [0.05, 0.1) is 11.6 Å². The molecule has 0 saturated heterocycles. The van der Waals surface area contributed by atoms with Gasteiger partial charge < -0.3 is 4.74 Å². The third kappa shape index (κ3) is 2.04. The lowest BCUT2D eigenvalue weighted by Crippen LogP contribution is -2.27. The van der Waals surface area contributed by atoms with E-state index >= 15 is 0 Å². The fourth-order valence-corrected chi connectivity index (χ4v) is 1.97. The van der Waals surface area contributed by atoms with Crippen LogP contribution in [0.25, 0.3) is 0 Å². The minimum atomic E-state index is -3.65. The van der Waals surface area contributed by atoms with E-state index < -0.39 is 16.8 Å². The third-order valence-electron chi connectivity index (χ3n) is 1.43. The molecule has 1 aromatic rings. The van der Waals surface area contributed by atoms with E-state index in [1.54, 1.807) is 0 Å². The monoisotopic (exact) mass is 240 g/mol. The highest BCUT2D eigenvalue weighted by molar-refractivity contribution is 7.10. The van der Waals surface area contributed by atoms with Gasteiger partial charge in [-0.1, -0.05) is 11.6 Å². The van der Waals surface area contributed by atoms with E-state index in [4.69, 9.17) is 11.6 Å². The molecule has 6 heteroatoms. The largest absolute Gasteiger partial charge is 0.461 e. The molecule has 78 valence electrons. The first-order valence-corrected chi connectivity index (χ1v) is 5.04. The molecule has 1 aromatic heterocycles. The predicted molar refractivity (Wildman–Crippen MR) is 49.9 cm³/mol. The van der Waals surface area contributed by atoms with Gasteiger partial charge in [-0.15, -0.1) is 11.3 Å². The first-order chi connectivity index (χ1) is 6.50. The number of halogens is 3. The summed E-state index contributed by atoms with van der Waals surface area (Å²) in [5.74, 6) is -5.22. The molecule has 14 heavy (non-hydrogen) atoms. The molecule has 0 radical (unpaired) electrons. The number of hydrogen-bond donors (Lipinski definition) is 0. The molecular weight excluding hydrogens is 234 g/mol. The molecule has 0 fully saturated rings. The van der Waals surface area contributed by atoms with E-state index in [0.717, 1.165) is 11.3 Å². The van der Waals surface area contributed by atoms with Crippen LogP contribution in [-0.2, 0) is 15.5 Å². The summed E-state index contributed by atoms with van der Waals surface area (Å²) in [6.07, 6.45) is 0. The molecule has 2 nitrogen and oxygen atoms in total. The highest BCUT2D eigenvalue weighted by Gasteiger charge is 2.45. The number of alkyl halides is 2. The van der Waals surface area contributed by atoms with Crippen LogP contribution in [0, 0.1) is 0 Å². The predicted octanol–water partition coefficient (Wildman–Crippen LogP) is 3.06. The van der Waals surface area contributed by atoms with E-state index in [9.17, 15) is 13.6 Å². The van der Waals surface area contributed by atoms with E-state index in [2.05, 4.69) is 4.74 Å². The van der Waals surface area contributed by atoms with E-state index in [-0.39, 0.29) is 11.6 Å². The second-order valence-corrected chi connectivity index (χ2v) is 3.72. The lowest BCUT2D eigenvalue weighted by Gasteiger charge is -2.12. The maximum atomic E-state index is 13.3. The van der Waals surface area contributed by atoms with Gasteiger partial charge in [-0.2, -0.15) is 8.78 Å². The number of carbonyl (C=O) groups excluding carboxylic acids is 1. The van der Waals surface area contributed by atoms with Crippen molar-refractivity contribution in [2.75, 3.05) is 6.61 Å². The molecule has 0 atom stereocenters. The van der Waals surface area contributed by atoms with Crippen molar-refractivity contribution in [2.24, 2.45) is 0 Å². The Hall–Kier alpha value is -0.680. The molecule has 0 aliphatic rings. The Balaban J connectivity index is 2.95. The van der Waals surface area contributed by atoms with Crippen molar-refractivity contribution >= 4 is 28.9 Å². The average Bonchev–Trinajstić information content (AvgIpc) is 2.52. The summed E-state index contributed by atoms with van der Waals surface area (Å²) in [5, 5.41) is 1.28. The van der Waals surface area contributed by atoms with Gasteiger partial charge in [-0.05, 0) is 18.4 Å². The fraction of sp³-hybridized carbons (Fsp3) is 0.375. The Labute approximate surface area is 88.4 Å². The molecule has 0 aromatic carbocycles. The zero-order chi connectivity index (χ0) is 10.8. The van der Waals surface area contributed by atoms with Crippen LogP contribution in [0.15, 0.2) is 11.4 Å². The highest BCUT2D eigenvalue weighted by Crippen LogP contribution is 2.38. The summed E-state index contributed by atoms with van der Waals surface area (Å²) < 4.78 is 30.8. The van der Waals surface area contributed by atoms with Crippen molar-refractivity contribution < 1.29 is 18.3 Å². The summed E-state index contributed by atoms with van der Waals surface area (Å²) in [6, 6.07) is 1.31. The van der Waals surface area contributed by atoms with Crippen molar-refractivity contribution in [3.8, 4) is 0 Å². The Bertz CT molecular complexity index is 338. The molecule has 1 heterocycles. The van der Waals surface area contributed by atoms with Gasteiger partial charge in [0.25, 0.3) is 0 Å². The summed E-state index contributed by atoms with van der Waals surface area (Å²) >= 11 is 6.22. The SMILES string of the molecule is CCOC(=O)C(F)(F)c1sccc1Cl. The number of ether oxygens (including phenoxy) is 1. The van der Waals surface area contributed by atoms with Crippen LogP contribution in [0.2, 0.25) is 5.02 Å². The Kier molecular flexibility index (Phi) is 3.44. The minimum absolute atomic E-state index is 0.0859. The van der Waals surface area contributed by atoms with Gasteiger partial charge in [0.15, 0.2) is 0 Å². The van der Waals surface area contributed by atoms with Crippen molar-refractivity contribution in [2.45, 2.75) is 12.8 Å². The fourth-order valence-electron chi connectivity index (χ4n) is 0.832. The summed E-state index contributed by atoms with van der Waals surface area (Å²) in [5.41, 5.74) is 0. The zero-order valence-corrected chi connectivity index (χ0v) is 8.79. The zero-order valence-electron chi connectivity index (χ0n) is 7.22. The van der Waals surface area contributed by atoms with Crippen LogP contribution in [-0.4, -0.2) is 12.6 Å². The Morgan fingerprint density at radius 1 is 1.71 bits per heavy atom. The van der Waals surface area contributed by atoms with Gasteiger partial charge in [0.1, 0.15) is 4.88 Å². The van der Waals surface area contributed by atoms with Crippen molar-refractivity contribution in [1.82, 2.24) is 0 Å². The van der Waals surface area contributed by atoms with Gasteiger partial charge in [0, 0.05) is 0 Å². The van der Waals surface area contributed by atoms with Gasteiger partial charge >= 0.3 is 11.9 Å². The number of esters is 1. The molecule has 0 aliphatic carbocycles. The maximum absolute atomic E-state index is 13.3. The number of carbonyl (C=O) groups is 1. The summed E-state index contributed by atoms with van der Waals surface area (Å²) in [4.78, 5) is 10.4.